The molecule has 0 spiro atoms. The van der Waals surface area contributed by atoms with E-state index in [4.69, 9.17) is 0 Å². The van der Waals surface area contributed by atoms with Gasteiger partial charge in [0, 0.05) is 23.9 Å². The number of nitrogens with one attached hydrogen (secondary N) is 1. The van der Waals surface area contributed by atoms with Gasteiger partial charge in [0.05, 0.1) is 11.7 Å². The minimum Gasteiger partial charge on any atom is -0.350 e. The molecule has 148 valence electrons. The number of carbonyl (C=O) groups excluding carboxylic acids is 1. The first-order chi connectivity index (χ1) is 14.2. The van der Waals surface area contributed by atoms with E-state index < -0.39 is 0 Å². The maximum atomic E-state index is 13.4. The fraction of sp³-hybridized carbons (Fsp3) is 0.250. The first kappa shape index (κ1) is 19.3. The normalized spacial score (nSPS) is 15.2. The summed E-state index contributed by atoms with van der Waals surface area (Å²) in [6.45, 7) is 2.47. The first-order valence-corrected chi connectivity index (χ1v) is 10.00. The summed E-state index contributed by atoms with van der Waals surface area (Å²) >= 11 is 0. The van der Waals surface area contributed by atoms with Crippen LogP contribution in [0.5, 0.6) is 0 Å². The molecule has 0 saturated carbocycles. The van der Waals surface area contributed by atoms with Gasteiger partial charge in [-0.05, 0) is 67.9 Å². The molecule has 1 aromatic heterocycles. The number of pyridine rings is 1. The molecular formula is C24H24FN3O. The number of nitrogens with zero attached hydrogens (tertiary/aromatic N) is 2. The molecule has 1 aliphatic heterocycles. The Morgan fingerprint density at radius 1 is 1.03 bits per heavy atom. The van der Waals surface area contributed by atoms with Crippen molar-refractivity contribution in [1.82, 2.24) is 15.2 Å². The van der Waals surface area contributed by atoms with Crippen molar-refractivity contribution in [2.24, 2.45) is 0 Å². The van der Waals surface area contributed by atoms with E-state index >= 15 is 0 Å². The molecule has 1 N–H and O–H groups in total. The van der Waals surface area contributed by atoms with Crippen molar-refractivity contribution in [3.8, 4) is 11.3 Å². The summed E-state index contributed by atoms with van der Waals surface area (Å²) < 4.78 is 13.4. The van der Waals surface area contributed by atoms with Gasteiger partial charge in [0.15, 0.2) is 0 Å². The Bertz CT molecular complexity index is 953. The van der Waals surface area contributed by atoms with Crippen molar-refractivity contribution in [2.75, 3.05) is 19.6 Å². The number of hydrogen-bond donors (Lipinski definition) is 1. The van der Waals surface area contributed by atoms with E-state index in [1.54, 1.807) is 6.20 Å². The zero-order chi connectivity index (χ0) is 20.1. The van der Waals surface area contributed by atoms with Gasteiger partial charge in [0.2, 0.25) is 0 Å². The summed E-state index contributed by atoms with van der Waals surface area (Å²) in [6.07, 6.45) is 4.04. The minimum absolute atomic E-state index is 0.0426. The van der Waals surface area contributed by atoms with Crippen molar-refractivity contribution in [3.05, 3.63) is 89.9 Å². The minimum atomic E-state index is -0.246. The zero-order valence-electron chi connectivity index (χ0n) is 16.2. The summed E-state index contributed by atoms with van der Waals surface area (Å²) in [5, 5.41) is 3.07. The number of rotatable bonds is 6. The molecular weight excluding hydrogens is 365 g/mol. The number of benzene rings is 2. The van der Waals surface area contributed by atoms with E-state index in [-0.39, 0.29) is 17.8 Å². The third kappa shape index (κ3) is 4.69. The lowest BCUT2D eigenvalue weighted by molar-refractivity contribution is 0.0938. The highest BCUT2D eigenvalue weighted by atomic mass is 19.1. The van der Waals surface area contributed by atoms with Gasteiger partial charge in [-0.25, -0.2) is 4.39 Å². The molecule has 4 rings (SSSR count). The molecule has 0 bridgehead atoms. The van der Waals surface area contributed by atoms with Gasteiger partial charge in [0.1, 0.15) is 5.82 Å². The van der Waals surface area contributed by atoms with Gasteiger partial charge < -0.3 is 5.32 Å². The lowest BCUT2D eigenvalue weighted by Crippen LogP contribution is -2.36. The molecule has 5 heteroatoms. The molecule has 0 radical (unpaired) electrons. The quantitative estimate of drug-likeness (QED) is 0.677. The van der Waals surface area contributed by atoms with Gasteiger partial charge in [-0.3, -0.25) is 14.7 Å². The molecule has 0 unspecified atom stereocenters. The number of halogens is 1. The largest absolute Gasteiger partial charge is 0.350 e. The topological polar surface area (TPSA) is 45.2 Å². The molecule has 1 atom stereocenters. The number of amides is 1. The molecule has 2 aromatic carbocycles. The second kappa shape index (κ2) is 8.97. The van der Waals surface area contributed by atoms with Crippen molar-refractivity contribution < 1.29 is 9.18 Å². The molecule has 1 aliphatic rings. The van der Waals surface area contributed by atoms with Gasteiger partial charge >= 0.3 is 0 Å². The predicted molar refractivity (Wildman–Crippen MR) is 112 cm³/mol. The molecule has 0 aliphatic carbocycles. The Hall–Kier alpha value is -3.05. The fourth-order valence-corrected chi connectivity index (χ4v) is 3.84. The third-order valence-electron chi connectivity index (χ3n) is 5.38. The number of carbonyl (C=O) groups is 1. The molecule has 29 heavy (non-hydrogen) atoms. The van der Waals surface area contributed by atoms with Crippen molar-refractivity contribution >= 4 is 5.91 Å². The Labute approximate surface area is 170 Å². The molecule has 3 aromatic rings. The van der Waals surface area contributed by atoms with E-state index in [1.807, 2.05) is 54.6 Å². The average molecular weight is 389 g/mol. The van der Waals surface area contributed by atoms with Gasteiger partial charge in [-0.1, -0.05) is 30.3 Å². The Kier molecular flexibility index (Phi) is 5.96. The van der Waals surface area contributed by atoms with Crippen LogP contribution in [0.4, 0.5) is 4.39 Å². The number of likely N-dealkylation sites (tertiary alicyclic amines) is 1. The van der Waals surface area contributed by atoms with Crippen LogP contribution < -0.4 is 5.32 Å². The maximum absolute atomic E-state index is 13.4. The summed E-state index contributed by atoms with van der Waals surface area (Å²) in [5.41, 5.74) is 3.37. The van der Waals surface area contributed by atoms with Gasteiger partial charge in [0.25, 0.3) is 5.91 Å². The lowest BCUT2D eigenvalue weighted by Gasteiger charge is -2.28. The SMILES string of the molecule is O=C(NC[C@@H](c1ccc(F)cc1)N1CCCC1)c1cccc(-c2ccccn2)c1. The molecule has 1 fully saturated rings. The van der Waals surface area contributed by atoms with Crippen LogP contribution in [0.1, 0.15) is 34.8 Å². The van der Waals surface area contributed by atoms with Crippen LogP contribution in [-0.2, 0) is 0 Å². The van der Waals surface area contributed by atoms with E-state index in [0.717, 1.165) is 42.8 Å². The van der Waals surface area contributed by atoms with Crippen molar-refractivity contribution in [2.45, 2.75) is 18.9 Å². The maximum Gasteiger partial charge on any atom is 0.251 e. The van der Waals surface area contributed by atoms with Crippen LogP contribution in [0.25, 0.3) is 11.3 Å². The summed E-state index contributed by atoms with van der Waals surface area (Å²) in [6, 6.07) is 19.8. The third-order valence-corrected chi connectivity index (χ3v) is 5.38. The van der Waals surface area contributed by atoms with E-state index in [2.05, 4.69) is 15.2 Å². The Morgan fingerprint density at radius 3 is 2.55 bits per heavy atom. The molecule has 2 heterocycles. The monoisotopic (exact) mass is 389 g/mol. The van der Waals surface area contributed by atoms with Crippen LogP contribution in [0, 0.1) is 5.82 Å². The standard InChI is InChI=1S/C24H24FN3O/c25-21-11-9-18(10-12-21)23(28-14-3-4-15-28)17-27-24(29)20-7-5-6-19(16-20)22-8-1-2-13-26-22/h1-2,5-13,16,23H,3-4,14-15,17H2,(H,27,29)/t23-/m0/s1. The van der Waals surface area contributed by atoms with Crippen LogP contribution in [0.3, 0.4) is 0 Å². The van der Waals surface area contributed by atoms with Crippen molar-refractivity contribution in [1.29, 1.82) is 0 Å². The summed E-state index contributed by atoms with van der Waals surface area (Å²) in [7, 11) is 0. The van der Waals surface area contributed by atoms with Gasteiger partial charge in [-0.2, -0.15) is 0 Å². The highest BCUT2D eigenvalue weighted by Gasteiger charge is 2.24. The average Bonchev–Trinajstić information content (AvgIpc) is 3.30. The van der Waals surface area contributed by atoms with E-state index in [1.165, 1.54) is 12.1 Å². The highest BCUT2D eigenvalue weighted by Crippen LogP contribution is 2.25. The number of aromatic nitrogens is 1. The second-order valence-corrected chi connectivity index (χ2v) is 7.32. The van der Waals surface area contributed by atoms with E-state index in [9.17, 15) is 9.18 Å². The van der Waals surface area contributed by atoms with Crippen molar-refractivity contribution in [3.63, 3.8) is 0 Å². The second-order valence-electron chi connectivity index (χ2n) is 7.32. The number of hydrogen-bond acceptors (Lipinski definition) is 3. The van der Waals surface area contributed by atoms with Crippen LogP contribution >= 0.6 is 0 Å². The summed E-state index contributed by atoms with van der Waals surface area (Å²) in [4.78, 5) is 19.5. The van der Waals surface area contributed by atoms with E-state index in [0.29, 0.717) is 12.1 Å². The van der Waals surface area contributed by atoms with Crippen LogP contribution in [0.2, 0.25) is 0 Å². The van der Waals surface area contributed by atoms with Crippen LogP contribution in [0.15, 0.2) is 72.9 Å². The first-order valence-electron chi connectivity index (χ1n) is 10.00. The smallest absolute Gasteiger partial charge is 0.251 e. The zero-order valence-corrected chi connectivity index (χ0v) is 16.2. The Morgan fingerprint density at radius 2 is 1.83 bits per heavy atom. The van der Waals surface area contributed by atoms with Gasteiger partial charge in [-0.15, -0.1) is 0 Å². The molecule has 4 nitrogen and oxygen atoms in total. The Balaban J connectivity index is 1.49. The molecule has 1 amide bonds. The van der Waals surface area contributed by atoms with Crippen LogP contribution in [-0.4, -0.2) is 35.4 Å². The summed E-state index contributed by atoms with van der Waals surface area (Å²) in [5.74, 6) is -0.363. The lowest BCUT2D eigenvalue weighted by atomic mass is 10.0. The highest BCUT2D eigenvalue weighted by molar-refractivity contribution is 5.95. The fourth-order valence-electron chi connectivity index (χ4n) is 3.84. The molecule has 1 saturated heterocycles. The predicted octanol–water partition coefficient (Wildman–Crippen LogP) is 4.45.